The van der Waals surface area contributed by atoms with Gasteiger partial charge in [0.15, 0.2) is 0 Å². The van der Waals surface area contributed by atoms with Crippen molar-refractivity contribution >= 4 is 16.0 Å². The summed E-state index contributed by atoms with van der Waals surface area (Å²) >= 11 is 0. The number of aliphatic carboxylic acids is 1. The highest BCUT2D eigenvalue weighted by atomic mass is 32.2. The largest absolute Gasteiger partial charge is 0.480 e. The van der Waals surface area contributed by atoms with Crippen LogP contribution in [0.2, 0.25) is 0 Å². The van der Waals surface area contributed by atoms with E-state index in [-0.39, 0.29) is 11.2 Å². The molecule has 0 aromatic heterocycles. The van der Waals surface area contributed by atoms with Crippen molar-refractivity contribution in [1.82, 2.24) is 4.31 Å². The van der Waals surface area contributed by atoms with Crippen molar-refractivity contribution in [3.63, 3.8) is 0 Å². The van der Waals surface area contributed by atoms with Crippen molar-refractivity contribution < 1.29 is 18.3 Å². The second-order valence-electron chi connectivity index (χ2n) is 5.95. The van der Waals surface area contributed by atoms with E-state index in [1.54, 1.807) is 0 Å². The van der Waals surface area contributed by atoms with Crippen LogP contribution in [0.5, 0.6) is 0 Å². The molecule has 0 aromatic rings. The summed E-state index contributed by atoms with van der Waals surface area (Å²) in [6.45, 7) is 5.43. The third kappa shape index (κ3) is 5.50. The van der Waals surface area contributed by atoms with Crippen LogP contribution >= 0.6 is 0 Å². The zero-order valence-electron chi connectivity index (χ0n) is 10.6. The summed E-state index contributed by atoms with van der Waals surface area (Å²) in [6.07, 6.45) is 2.00. The molecule has 0 saturated heterocycles. The Morgan fingerprint density at radius 3 is 2.24 bits per heavy atom. The minimum absolute atomic E-state index is 0.0139. The Morgan fingerprint density at radius 2 is 1.88 bits per heavy atom. The normalized spacial score (nSPS) is 17.4. The molecule has 6 heteroatoms. The van der Waals surface area contributed by atoms with Crippen molar-refractivity contribution in [2.45, 2.75) is 33.6 Å². The maximum absolute atomic E-state index is 12.1. The van der Waals surface area contributed by atoms with Gasteiger partial charge in [-0.15, -0.1) is 0 Å². The molecular formula is C11H21NO4S. The monoisotopic (exact) mass is 263 g/mol. The number of hydrogen-bond acceptors (Lipinski definition) is 3. The standard InChI is InChI=1S/C11H21NO4S/c1-11(2,3)8-17(15,16)12(7-10(13)14)6-9-4-5-9/h9H,4-8H2,1-3H3,(H,13,14). The Hall–Kier alpha value is -0.620. The smallest absolute Gasteiger partial charge is 0.318 e. The van der Waals surface area contributed by atoms with Gasteiger partial charge in [-0.05, 0) is 24.2 Å². The maximum Gasteiger partial charge on any atom is 0.318 e. The van der Waals surface area contributed by atoms with Gasteiger partial charge in [0.25, 0.3) is 0 Å². The molecule has 0 aromatic carbocycles. The first-order valence-corrected chi connectivity index (χ1v) is 7.41. The summed E-state index contributed by atoms with van der Waals surface area (Å²) in [5, 5.41) is 8.77. The highest BCUT2D eigenvalue weighted by Gasteiger charge is 2.34. The minimum atomic E-state index is -3.48. The molecule has 0 aliphatic heterocycles. The van der Waals surface area contributed by atoms with Gasteiger partial charge >= 0.3 is 5.97 Å². The Bertz CT molecular complexity index is 379. The molecule has 0 bridgehead atoms. The second kappa shape index (κ2) is 4.94. The number of hydrogen-bond donors (Lipinski definition) is 1. The van der Waals surface area contributed by atoms with E-state index in [9.17, 15) is 13.2 Å². The summed E-state index contributed by atoms with van der Waals surface area (Å²) in [5.41, 5.74) is -0.362. The van der Waals surface area contributed by atoms with Crippen LogP contribution in [-0.2, 0) is 14.8 Å². The van der Waals surface area contributed by atoms with Crippen molar-refractivity contribution in [2.24, 2.45) is 11.3 Å². The number of rotatable bonds is 6. The van der Waals surface area contributed by atoms with E-state index in [2.05, 4.69) is 0 Å². The topological polar surface area (TPSA) is 74.7 Å². The molecule has 1 aliphatic carbocycles. The van der Waals surface area contributed by atoms with E-state index in [4.69, 9.17) is 5.11 Å². The fraction of sp³-hybridized carbons (Fsp3) is 0.909. The van der Waals surface area contributed by atoms with Crippen LogP contribution in [0.1, 0.15) is 33.6 Å². The lowest BCUT2D eigenvalue weighted by molar-refractivity contribution is -0.137. The van der Waals surface area contributed by atoms with Crippen molar-refractivity contribution in [3.05, 3.63) is 0 Å². The fourth-order valence-corrected chi connectivity index (χ4v) is 3.68. The van der Waals surface area contributed by atoms with Gasteiger partial charge in [0.2, 0.25) is 10.0 Å². The zero-order valence-corrected chi connectivity index (χ0v) is 11.5. The summed E-state index contributed by atoms with van der Waals surface area (Å²) in [5.74, 6) is -0.757. The average Bonchev–Trinajstić information content (AvgIpc) is 2.81. The summed E-state index contributed by atoms with van der Waals surface area (Å²) in [7, 11) is -3.48. The number of carboxylic acid groups (broad SMARTS) is 1. The lowest BCUT2D eigenvalue weighted by Gasteiger charge is -2.25. The van der Waals surface area contributed by atoms with Gasteiger partial charge in [-0.25, -0.2) is 8.42 Å². The van der Waals surface area contributed by atoms with Gasteiger partial charge in [-0.1, -0.05) is 20.8 Å². The molecule has 5 nitrogen and oxygen atoms in total. The van der Waals surface area contributed by atoms with Crippen LogP contribution < -0.4 is 0 Å². The van der Waals surface area contributed by atoms with Crippen LogP contribution in [0, 0.1) is 11.3 Å². The van der Waals surface area contributed by atoms with Crippen LogP contribution in [0.25, 0.3) is 0 Å². The molecule has 100 valence electrons. The lowest BCUT2D eigenvalue weighted by atomic mass is 10.0. The molecule has 1 fully saturated rings. The van der Waals surface area contributed by atoms with Crippen LogP contribution in [0.3, 0.4) is 0 Å². The van der Waals surface area contributed by atoms with Crippen LogP contribution in [-0.4, -0.2) is 42.6 Å². The second-order valence-corrected chi connectivity index (χ2v) is 7.92. The minimum Gasteiger partial charge on any atom is -0.480 e. The first kappa shape index (κ1) is 14.4. The highest BCUT2D eigenvalue weighted by Crippen LogP contribution is 2.31. The van der Waals surface area contributed by atoms with Crippen LogP contribution in [0.4, 0.5) is 0 Å². The Balaban J connectivity index is 2.75. The molecule has 1 N–H and O–H groups in total. The van der Waals surface area contributed by atoms with Gasteiger partial charge in [0.05, 0.1) is 5.75 Å². The Labute approximate surface area is 103 Å². The molecule has 0 unspecified atom stereocenters. The van der Waals surface area contributed by atoms with Crippen molar-refractivity contribution in [2.75, 3.05) is 18.8 Å². The molecule has 0 radical (unpaired) electrons. The average molecular weight is 263 g/mol. The molecule has 1 rings (SSSR count). The van der Waals surface area contributed by atoms with Gasteiger partial charge in [-0.2, -0.15) is 4.31 Å². The number of carboxylic acids is 1. The molecule has 0 amide bonds. The number of carbonyl (C=O) groups is 1. The van der Waals surface area contributed by atoms with E-state index in [0.29, 0.717) is 12.5 Å². The lowest BCUT2D eigenvalue weighted by Crippen LogP contribution is -2.41. The Morgan fingerprint density at radius 1 is 1.35 bits per heavy atom. The molecule has 0 spiro atoms. The van der Waals surface area contributed by atoms with E-state index in [0.717, 1.165) is 17.1 Å². The fourth-order valence-electron chi connectivity index (χ4n) is 1.65. The van der Waals surface area contributed by atoms with E-state index in [1.165, 1.54) is 0 Å². The van der Waals surface area contributed by atoms with Crippen LogP contribution in [0.15, 0.2) is 0 Å². The summed E-state index contributed by atoms with van der Waals surface area (Å²) < 4.78 is 25.3. The van der Waals surface area contributed by atoms with E-state index >= 15 is 0 Å². The summed E-state index contributed by atoms with van der Waals surface area (Å²) in [6, 6.07) is 0. The summed E-state index contributed by atoms with van der Waals surface area (Å²) in [4.78, 5) is 10.7. The van der Waals surface area contributed by atoms with Gasteiger partial charge in [0, 0.05) is 6.54 Å². The molecule has 0 heterocycles. The first-order valence-electron chi connectivity index (χ1n) is 5.80. The third-order valence-corrected chi connectivity index (χ3v) is 4.77. The molecule has 0 atom stereocenters. The molecular weight excluding hydrogens is 242 g/mol. The molecule has 1 aliphatic rings. The van der Waals surface area contributed by atoms with Gasteiger partial charge in [0.1, 0.15) is 6.54 Å². The molecule has 1 saturated carbocycles. The predicted molar refractivity (Wildman–Crippen MR) is 65.2 cm³/mol. The van der Waals surface area contributed by atoms with Gasteiger partial charge < -0.3 is 5.11 Å². The first-order chi connectivity index (χ1) is 7.60. The maximum atomic E-state index is 12.1. The van der Waals surface area contributed by atoms with Crippen molar-refractivity contribution in [3.8, 4) is 0 Å². The van der Waals surface area contributed by atoms with Gasteiger partial charge in [-0.3, -0.25) is 4.79 Å². The molecule has 17 heavy (non-hydrogen) atoms. The predicted octanol–water partition coefficient (Wildman–Crippen LogP) is 1.16. The zero-order chi connectivity index (χ0) is 13.3. The number of nitrogens with zero attached hydrogens (tertiary/aromatic N) is 1. The van der Waals surface area contributed by atoms with E-state index in [1.807, 2.05) is 20.8 Å². The highest BCUT2D eigenvalue weighted by molar-refractivity contribution is 7.89. The quantitative estimate of drug-likeness (QED) is 0.780. The number of sulfonamides is 1. The van der Waals surface area contributed by atoms with E-state index < -0.39 is 22.5 Å². The SMILES string of the molecule is CC(C)(C)CS(=O)(=O)N(CC(=O)O)CC1CC1. The van der Waals surface area contributed by atoms with Crippen molar-refractivity contribution in [1.29, 1.82) is 0 Å². The third-order valence-electron chi connectivity index (χ3n) is 2.48. The Kier molecular flexibility index (Phi) is 4.19.